The molecule has 1 unspecified atom stereocenters. The molecule has 150 valence electrons. The molecule has 0 radical (unpaired) electrons. The molecule has 1 atom stereocenters. The normalized spacial score (nSPS) is 14.9. The van der Waals surface area contributed by atoms with Gasteiger partial charge in [-0.25, -0.2) is 0 Å². The smallest absolute Gasteiger partial charge is 0.250 e. The minimum Gasteiger partial charge on any atom is -0.543 e. The molecule has 0 spiro atoms. The number of aliphatic hydroxyl groups is 1. The van der Waals surface area contributed by atoms with Gasteiger partial charge in [-0.2, -0.15) is 0 Å². The highest BCUT2D eigenvalue weighted by Gasteiger charge is 2.40. The van der Waals surface area contributed by atoms with Crippen LogP contribution in [0.2, 0.25) is 36.3 Å². The van der Waals surface area contributed by atoms with E-state index in [1.54, 1.807) is 0 Å². The Labute approximate surface area is 167 Å². The molecule has 0 amide bonds. The third-order valence-electron chi connectivity index (χ3n) is 5.79. The van der Waals surface area contributed by atoms with Gasteiger partial charge in [0.05, 0.1) is 12.0 Å². The predicted octanol–water partition coefficient (Wildman–Crippen LogP) is 6.73. The van der Waals surface area contributed by atoms with E-state index in [9.17, 15) is 5.11 Å². The zero-order valence-electron chi connectivity index (χ0n) is 18.2. The molecule has 0 heterocycles. The van der Waals surface area contributed by atoms with Crippen LogP contribution in [0.25, 0.3) is 0 Å². The van der Waals surface area contributed by atoms with Crippen molar-refractivity contribution in [2.45, 2.75) is 83.9 Å². The molecule has 0 aliphatic carbocycles. The van der Waals surface area contributed by atoms with Crippen LogP contribution in [-0.2, 0) is 0 Å². The molecule has 1 aromatic carbocycles. The lowest BCUT2D eigenvalue weighted by molar-refractivity contribution is 0.202. The minimum atomic E-state index is -1.99. The summed E-state index contributed by atoms with van der Waals surface area (Å²) >= 11 is 5.89. The van der Waals surface area contributed by atoms with Crippen molar-refractivity contribution in [3.05, 3.63) is 23.8 Å². The number of rotatable bonds is 6. The highest BCUT2D eigenvalue weighted by atomic mass is 35.5. The highest BCUT2D eigenvalue weighted by molar-refractivity contribution is 6.75. The Morgan fingerprint density at radius 3 is 1.46 bits per heavy atom. The van der Waals surface area contributed by atoms with Crippen LogP contribution in [0.5, 0.6) is 11.5 Å². The summed E-state index contributed by atoms with van der Waals surface area (Å²) in [4.78, 5) is 0. The van der Waals surface area contributed by atoms with E-state index in [1.807, 2.05) is 18.2 Å². The van der Waals surface area contributed by atoms with Gasteiger partial charge in [-0.15, -0.1) is 11.6 Å². The molecule has 0 aromatic heterocycles. The van der Waals surface area contributed by atoms with E-state index in [2.05, 4.69) is 67.7 Å². The second-order valence-corrected chi connectivity index (χ2v) is 19.9. The van der Waals surface area contributed by atoms with E-state index >= 15 is 0 Å². The fraction of sp³-hybridized carbons (Fsp3) is 0.700. The number of hydrogen-bond acceptors (Lipinski definition) is 3. The van der Waals surface area contributed by atoms with Gasteiger partial charge in [-0.3, -0.25) is 0 Å². The van der Waals surface area contributed by atoms with Crippen LogP contribution in [0.15, 0.2) is 18.2 Å². The van der Waals surface area contributed by atoms with Crippen molar-refractivity contribution >= 4 is 28.2 Å². The number of halogens is 1. The SMILES string of the molecule is CC(C)(C)[Si](C)(C)Oc1cc(O[Si](C)(C)C(C)(C)C)cc(C(O)CCl)c1. The van der Waals surface area contributed by atoms with Crippen LogP contribution >= 0.6 is 11.6 Å². The van der Waals surface area contributed by atoms with Crippen LogP contribution in [0.4, 0.5) is 0 Å². The lowest BCUT2D eigenvalue weighted by Gasteiger charge is -2.38. The number of aliphatic hydroxyl groups excluding tert-OH is 1. The first-order valence-electron chi connectivity index (χ1n) is 9.27. The second kappa shape index (κ2) is 7.86. The van der Waals surface area contributed by atoms with Gasteiger partial charge in [0.15, 0.2) is 0 Å². The molecule has 1 aromatic rings. The summed E-state index contributed by atoms with van der Waals surface area (Å²) in [5.41, 5.74) is 0.741. The summed E-state index contributed by atoms with van der Waals surface area (Å²) in [5.74, 6) is 1.65. The molecule has 6 heteroatoms. The topological polar surface area (TPSA) is 38.7 Å². The summed E-state index contributed by atoms with van der Waals surface area (Å²) in [7, 11) is -3.98. The molecule has 0 aliphatic heterocycles. The molecule has 1 rings (SSSR count). The van der Waals surface area contributed by atoms with Gasteiger partial charge in [0.25, 0.3) is 0 Å². The standard InChI is InChI=1S/C20H37ClO3Si2/c1-19(2,3)25(7,8)23-16-11-15(18(22)14-21)12-17(13-16)24-26(9,10)20(4,5)6/h11-13,18,22H,14H2,1-10H3. The monoisotopic (exact) mass is 416 g/mol. The lowest BCUT2D eigenvalue weighted by Crippen LogP contribution is -2.44. The van der Waals surface area contributed by atoms with Gasteiger partial charge in [-0.05, 0) is 54.0 Å². The van der Waals surface area contributed by atoms with Crippen molar-refractivity contribution in [2.75, 3.05) is 5.88 Å². The third kappa shape index (κ3) is 5.75. The first-order valence-corrected chi connectivity index (χ1v) is 15.6. The van der Waals surface area contributed by atoms with E-state index in [0.717, 1.165) is 17.1 Å². The molecule has 26 heavy (non-hydrogen) atoms. The maximum Gasteiger partial charge on any atom is 0.250 e. The summed E-state index contributed by atoms with van der Waals surface area (Å²) in [6, 6.07) is 5.75. The van der Waals surface area contributed by atoms with E-state index < -0.39 is 22.7 Å². The molecule has 0 aliphatic rings. The summed E-state index contributed by atoms with van der Waals surface area (Å²) in [6.07, 6.45) is -0.735. The van der Waals surface area contributed by atoms with Gasteiger partial charge in [-0.1, -0.05) is 41.5 Å². The van der Waals surface area contributed by atoms with Crippen molar-refractivity contribution in [1.29, 1.82) is 0 Å². The van der Waals surface area contributed by atoms with Crippen LogP contribution in [0.3, 0.4) is 0 Å². The number of hydrogen-bond donors (Lipinski definition) is 1. The largest absolute Gasteiger partial charge is 0.543 e. The van der Waals surface area contributed by atoms with Gasteiger partial charge in [0, 0.05) is 6.07 Å². The molecule has 0 saturated carbocycles. The average Bonchev–Trinajstić information content (AvgIpc) is 2.42. The van der Waals surface area contributed by atoms with Crippen LogP contribution < -0.4 is 8.85 Å². The predicted molar refractivity (Wildman–Crippen MR) is 118 cm³/mol. The molecular formula is C20H37ClO3Si2. The Kier molecular flexibility index (Phi) is 7.12. The first kappa shape index (κ1) is 23.5. The molecule has 0 saturated heterocycles. The van der Waals surface area contributed by atoms with Crippen molar-refractivity contribution in [3.63, 3.8) is 0 Å². The van der Waals surface area contributed by atoms with Gasteiger partial charge in [0.2, 0.25) is 16.6 Å². The summed E-state index contributed by atoms with van der Waals surface area (Å²) in [5, 5.41) is 10.5. The Balaban J connectivity index is 3.32. The maximum absolute atomic E-state index is 10.3. The Morgan fingerprint density at radius 1 is 0.846 bits per heavy atom. The third-order valence-corrected chi connectivity index (χ3v) is 14.8. The van der Waals surface area contributed by atoms with Crippen molar-refractivity contribution in [3.8, 4) is 11.5 Å². The number of alkyl halides is 1. The van der Waals surface area contributed by atoms with Crippen LogP contribution in [-0.4, -0.2) is 27.6 Å². The first-order chi connectivity index (χ1) is 11.5. The van der Waals surface area contributed by atoms with E-state index in [4.69, 9.17) is 20.5 Å². The van der Waals surface area contributed by atoms with E-state index in [-0.39, 0.29) is 16.0 Å². The summed E-state index contributed by atoms with van der Waals surface area (Å²) < 4.78 is 12.9. The number of benzene rings is 1. The molecule has 3 nitrogen and oxygen atoms in total. The highest BCUT2D eigenvalue weighted by Crippen LogP contribution is 2.41. The quantitative estimate of drug-likeness (QED) is 0.412. The Morgan fingerprint density at radius 2 is 1.19 bits per heavy atom. The maximum atomic E-state index is 10.3. The van der Waals surface area contributed by atoms with Crippen molar-refractivity contribution < 1.29 is 14.0 Å². The lowest BCUT2D eigenvalue weighted by atomic mass is 10.1. The van der Waals surface area contributed by atoms with Gasteiger partial charge < -0.3 is 14.0 Å². The molecular weight excluding hydrogens is 380 g/mol. The van der Waals surface area contributed by atoms with Crippen LogP contribution in [0.1, 0.15) is 53.2 Å². The zero-order valence-corrected chi connectivity index (χ0v) is 20.9. The molecule has 0 bridgehead atoms. The van der Waals surface area contributed by atoms with Crippen LogP contribution in [0, 0.1) is 0 Å². The van der Waals surface area contributed by atoms with E-state index in [1.165, 1.54) is 0 Å². The van der Waals surface area contributed by atoms with Gasteiger partial charge in [0.1, 0.15) is 11.5 Å². The fourth-order valence-electron chi connectivity index (χ4n) is 1.89. The van der Waals surface area contributed by atoms with E-state index in [0.29, 0.717) is 0 Å². The van der Waals surface area contributed by atoms with Gasteiger partial charge >= 0.3 is 0 Å². The Hall–Kier alpha value is -0.496. The van der Waals surface area contributed by atoms with Crippen molar-refractivity contribution in [2.24, 2.45) is 0 Å². The molecule has 1 N–H and O–H groups in total. The minimum absolute atomic E-state index is 0.0918. The fourth-order valence-corrected chi connectivity index (χ4v) is 4.09. The second-order valence-electron chi connectivity index (χ2n) is 10.1. The summed E-state index contributed by atoms with van der Waals surface area (Å²) in [6.45, 7) is 22.1. The molecule has 0 fully saturated rings. The van der Waals surface area contributed by atoms with Crippen molar-refractivity contribution in [1.82, 2.24) is 0 Å². The zero-order chi connectivity index (χ0) is 20.6. The Bertz CT molecular complexity index is 570. The average molecular weight is 417 g/mol.